The Bertz CT molecular complexity index is 1050. The van der Waals surface area contributed by atoms with Crippen LogP contribution in [0.5, 0.6) is 5.75 Å². The first kappa shape index (κ1) is 19.8. The molecule has 2 aromatic heterocycles. The Labute approximate surface area is 179 Å². The van der Waals surface area contributed by atoms with Crippen LogP contribution in [0, 0.1) is 11.7 Å². The highest BCUT2D eigenvalue weighted by molar-refractivity contribution is 5.61. The number of aliphatic hydroxyl groups excluding tert-OH is 1. The molecule has 31 heavy (non-hydrogen) atoms. The highest BCUT2D eigenvalue weighted by Gasteiger charge is 2.47. The molecule has 160 valence electrons. The summed E-state index contributed by atoms with van der Waals surface area (Å²) < 4.78 is 19.9. The van der Waals surface area contributed by atoms with Crippen LogP contribution in [0.2, 0.25) is 0 Å². The summed E-state index contributed by atoms with van der Waals surface area (Å²) in [4.78, 5) is 14.9. The van der Waals surface area contributed by atoms with Crippen LogP contribution in [0.25, 0.3) is 11.4 Å². The number of ether oxygens (including phenoxy) is 1. The Balaban J connectivity index is 1.39. The molecule has 2 fully saturated rings. The maximum atomic E-state index is 14.8. The van der Waals surface area contributed by atoms with Crippen molar-refractivity contribution >= 4 is 5.82 Å². The van der Waals surface area contributed by atoms with Crippen LogP contribution in [0.1, 0.15) is 24.6 Å². The van der Waals surface area contributed by atoms with Gasteiger partial charge in [-0.2, -0.15) is 0 Å². The number of piperidine rings is 1. The third-order valence-electron chi connectivity index (χ3n) is 6.25. The molecule has 7 nitrogen and oxygen atoms in total. The van der Waals surface area contributed by atoms with Gasteiger partial charge < -0.3 is 15.2 Å². The number of anilines is 1. The second kappa shape index (κ2) is 8.20. The Morgan fingerprint density at radius 1 is 1.13 bits per heavy atom. The first-order valence-electron chi connectivity index (χ1n) is 10.4. The molecule has 8 heteroatoms. The number of hydrogen-bond donors (Lipinski definition) is 2. The fourth-order valence-corrected chi connectivity index (χ4v) is 4.88. The van der Waals surface area contributed by atoms with Crippen molar-refractivity contribution in [3.63, 3.8) is 0 Å². The van der Waals surface area contributed by atoms with Gasteiger partial charge in [0.1, 0.15) is 23.6 Å². The lowest BCUT2D eigenvalue weighted by Gasteiger charge is -2.37. The Morgan fingerprint density at radius 2 is 1.97 bits per heavy atom. The first-order chi connectivity index (χ1) is 15.1. The average molecular weight is 421 g/mol. The van der Waals surface area contributed by atoms with Crippen molar-refractivity contribution in [3.8, 4) is 17.1 Å². The van der Waals surface area contributed by atoms with Gasteiger partial charge in [-0.05, 0) is 43.0 Å². The quantitative estimate of drug-likeness (QED) is 0.632. The molecule has 0 spiro atoms. The second-order valence-electron chi connectivity index (χ2n) is 8.09. The van der Waals surface area contributed by atoms with Crippen molar-refractivity contribution in [2.45, 2.75) is 31.2 Å². The molecule has 3 heterocycles. The molecule has 1 aromatic carbocycles. The molecular formula is C23H24FN5O2. The number of benzene rings is 1. The Morgan fingerprint density at radius 3 is 2.68 bits per heavy atom. The predicted molar refractivity (Wildman–Crippen MR) is 114 cm³/mol. The van der Waals surface area contributed by atoms with E-state index in [1.54, 1.807) is 43.9 Å². The summed E-state index contributed by atoms with van der Waals surface area (Å²) in [6.07, 6.45) is 5.88. The summed E-state index contributed by atoms with van der Waals surface area (Å²) in [6, 6.07) is 10.5. The van der Waals surface area contributed by atoms with Crippen molar-refractivity contribution in [1.29, 1.82) is 0 Å². The molecule has 2 aliphatic rings. The fraction of sp³-hybridized carbons (Fsp3) is 0.348. The van der Waals surface area contributed by atoms with E-state index in [0.717, 1.165) is 25.2 Å². The maximum Gasteiger partial charge on any atom is 0.162 e. The first-order valence-corrected chi connectivity index (χ1v) is 10.4. The number of likely N-dealkylation sites (tertiary alicyclic amines) is 1. The van der Waals surface area contributed by atoms with E-state index in [1.807, 2.05) is 12.1 Å². The molecule has 1 saturated carbocycles. The van der Waals surface area contributed by atoms with Gasteiger partial charge in [0, 0.05) is 36.6 Å². The third-order valence-corrected chi connectivity index (χ3v) is 6.25. The van der Waals surface area contributed by atoms with Crippen LogP contribution in [0.3, 0.4) is 0 Å². The number of aromatic nitrogens is 3. The zero-order valence-corrected chi connectivity index (χ0v) is 17.1. The molecule has 0 radical (unpaired) electrons. The summed E-state index contributed by atoms with van der Waals surface area (Å²) in [5, 5.41) is 14.8. The smallest absolute Gasteiger partial charge is 0.162 e. The van der Waals surface area contributed by atoms with Gasteiger partial charge in [0.15, 0.2) is 5.82 Å². The molecule has 0 amide bonds. The topological polar surface area (TPSA) is 83.4 Å². The zero-order valence-electron chi connectivity index (χ0n) is 17.1. The highest BCUT2D eigenvalue weighted by atomic mass is 19.1. The van der Waals surface area contributed by atoms with E-state index in [9.17, 15) is 9.50 Å². The highest BCUT2D eigenvalue weighted by Crippen LogP contribution is 2.44. The van der Waals surface area contributed by atoms with E-state index in [1.165, 1.54) is 6.07 Å². The average Bonchev–Trinajstić information content (AvgIpc) is 3.40. The maximum absolute atomic E-state index is 14.8. The SMILES string of the molecule is COc1ccc(NC2CC3CC2N(C(O)c2cccc(F)c2-c2ncccn2)C3)nc1. The van der Waals surface area contributed by atoms with E-state index in [4.69, 9.17) is 4.74 Å². The molecule has 2 N–H and O–H groups in total. The zero-order chi connectivity index (χ0) is 21.4. The second-order valence-corrected chi connectivity index (χ2v) is 8.09. The van der Waals surface area contributed by atoms with Gasteiger partial charge in [-0.25, -0.2) is 19.3 Å². The minimum atomic E-state index is -0.946. The van der Waals surface area contributed by atoms with Gasteiger partial charge in [-0.3, -0.25) is 4.90 Å². The molecule has 1 saturated heterocycles. The van der Waals surface area contributed by atoms with E-state index in [-0.39, 0.29) is 23.5 Å². The van der Waals surface area contributed by atoms with E-state index in [2.05, 4.69) is 25.2 Å². The van der Waals surface area contributed by atoms with Crippen LogP contribution in [0.4, 0.5) is 10.2 Å². The van der Waals surface area contributed by atoms with Gasteiger partial charge >= 0.3 is 0 Å². The molecule has 1 aliphatic carbocycles. The Hall–Kier alpha value is -3.10. The fourth-order valence-electron chi connectivity index (χ4n) is 4.88. The molecule has 3 aromatic rings. The number of halogens is 1. The molecule has 5 rings (SSSR count). The molecular weight excluding hydrogens is 397 g/mol. The monoisotopic (exact) mass is 421 g/mol. The van der Waals surface area contributed by atoms with E-state index < -0.39 is 12.0 Å². The number of aliphatic hydroxyl groups is 1. The number of nitrogens with zero attached hydrogens (tertiary/aromatic N) is 4. The molecule has 2 bridgehead atoms. The number of rotatable bonds is 6. The largest absolute Gasteiger partial charge is 0.495 e. The molecule has 4 atom stereocenters. The van der Waals surface area contributed by atoms with Crippen LogP contribution in [-0.2, 0) is 0 Å². The summed E-state index contributed by atoms with van der Waals surface area (Å²) in [5.41, 5.74) is 0.736. The normalized spacial score (nSPS) is 23.6. The summed E-state index contributed by atoms with van der Waals surface area (Å²) >= 11 is 0. The van der Waals surface area contributed by atoms with Gasteiger partial charge in [0.25, 0.3) is 0 Å². The predicted octanol–water partition coefficient (Wildman–Crippen LogP) is 3.25. The van der Waals surface area contributed by atoms with Crippen molar-refractivity contribution in [2.75, 3.05) is 19.0 Å². The lowest BCUT2D eigenvalue weighted by Crippen LogP contribution is -2.46. The third kappa shape index (κ3) is 3.73. The molecule has 1 aliphatic heterocycles. The van der Waals surface area contributed by atoms with E-state index >= 15 is 0 Å². The molecule has 4 unspecified atom stereocenters. The standard InChI is InChI=1S/C23H24FN5O2/c1-31-15-6-7-20(27-12-15)28-18-10-14-11-19(18)29(13-14)23(30)16-4-2-5-17(24)21(16)22-25-8-3-9-26-22/h2-9,12,14,18-19,23,30H,10-11,13H2,1H3,(H,27,28). The minimum absolute atomic E-state index is 0.122. The number of methoxy groups -OCH3 is 1. The van der Waals surface area contributed by atoms with Crippen LogP contribution in [0.15, 0.2) is 55.0 Å². The van der Waals surface area contributed by atoms with Gasteiger partial charge in [0.2, 0.25) is 0 Å². The number of pyridine rings is 1. The van der Waals surface area contributed by atoms with Crippen molar-refractivity contribution in [3.05, 3.63) is 66.4 Å². The van der Waals surface area contributed by atoms with Crippen molar-refractivity contribution in [2.24, 2.45) is 5.92 Å². The number of hydrogen-bond acceptors (Lipinski definition) is 7. The van der Waals surface area contributed by atoms with Gasteiger partial charge in [-0.1, -0.05) is 12.1 Å². The van der Waals surface area contributed by atoms with Crippen LogP contribution >= 0.6 is 0 Å². The summed E-state index contributed by atoms with van der Waals surface area (Å²) in [6.45, 7) is 0.769. The number of fused-ring (bicyclic) bond motifs is 2. The Kier molecular flexibility index (Phi) is 5.25. The summed E-state index contributed by atoms with van der Waals surface area (Å²) in [7, 11) is 1.61. The van der Waals surface area contributed by atoms with Gasteiger partial charge in [0.05, 0.1) is 18.9 Å². The van der Waals surface area contributed by atoms with Crippen LogP contribution < -0.4 is 10.1 Å². The lowest BCUT2D eigenvalue weighted by atomic mass is 10.0. The van der Waals surface area contributed by atoms with E-state index in [0.29, 0.717) is 17.2 Å². The minimum Gasteiger partial charge on any atom is -0.495 e. The van der Waals surface area contributed by atoms with Crippen molar-refractivity contribution < 1.29 is 14.2 Å². The summed E-state index contributed by atoms with van der Waals surface area (Å²) in [5.74, 6) is 1.79. The lowest BCUT2D eigenvalue weighted by molar-refractivity contribution is -0.0211. The van der Waals surface area contributed by atoms with Gasteiger partial charge in [-0.15, -0.1) is 0 Å². The van der Waals surface area contributed by atoms with Crippen LogP contribution in [-0.4, -0.2) is 50.7 Å². The number of nitrogens with one attached hydrogen (secondary N) is 1. The van der Waals surface area contributed by atoms with Crippen molar-refractivity contribution in [1.82, 2.24) is 19.9 Å².